The number of nitrogens with zero attached hydrogens (tertiary/aromatic N) is 2. The largest absolute Gasteiger partial charge is 0.486 e. The minimum absolute atomic E-state index is 0.0124. The number of allylic oxidation sites excluding steroid dienone is 5. The number of Topliss-reactive ketones (excluding diaryl/α,β-unsaturated/α-hetero) is 2. The number of carbonyl (C=O) groups is 11. The molecule has 0 bridgehead atoms. The van der Waals surface area contributed by atoms with E-state index in [0.29, 0.717) is 71.8 Å². The Bertz CT molecular complexity index is 5370. The van der Waals surface area contributed by atoms with Crippen LogP contribution in [0, 0.1) is 34.5 Å². The molecule has 2 saturated heterocycles. The van der Waals surface area contributed by atoms with Gasteiger partial charge in [0.15, 0.2) is 35.4 Å². The summed E-state index contributed by atoms with van der Waals surface area (Å²) in [5.41, 5.74) is 14.2. The lowest BCUT2D eigenvalue weighted by molar-refractivity contribution is -0.266. The Labute approximate surface area is 852 Å². The maximum atomic E-state index is 18.1. The zero-order chi connectivity index (χ0) is 105. The average Bonchev–Trinajstić information content (AvgIpc) is 1.51. The van der Waals surface area contributed by atoms with Crippen molar-refractivity contribution in [3.8, 4) is 5.75 Å². The highest BCUT2D eigenvalue weighted by molar-refractivity contribution is 6.04. The molecular formula is C104H143F2N15O26. The number of benzene rings is 4. The quantitative estimate of drug-likeness (QED) is 0.0146. The number of ketones is 3. The van der Waals surface area contributed by atoms with Crippen molar-refractivity contribution in [1.29, 1.82) is 0 Å². The molecular weight excluding hydrogens is 1910 g/mol. The molecule has 0 radical (unpaired) electrons. The van der Waals surface area contributed by atoms with E-state index in [1.54, 1.807) is 49.9 Å². The molecule has 9 aliphatic rings. The summed E-state index contributed by atoms with van der Waals surface area (Å²) < 4.78 is 93.9. The maximum absolute atomic E-state index is 18.1. The minimum atomic E-state index is -2.38. The molecule has 5 fully saturated rings. The van der Waals surface area contributed by atoms with Gasteiger partial charge in [-0.05, 0) is 167 Å². The highest BCUT2D eigenvalue weighted by Gasteiger charge is 2.80. The van der Waals surface area contributed by atoms with Crippen molar-refractivity contribution in [3.63, 3.8) is 0 Å². The number of urea groups is 1. The molecule has 41 nitrogen and oxygen atoms in total. The number of alkyl halides is 2. The van der Waals surface area contributed by atoms with Gasteiger partial charge in [-0.3, -0.25) is 59.3 Å². The van der Waals surface area contributed by atoms with Crippen molar-refractivity contribution >= 4 is 93.4 Å². The summed E-state index contributed by atoms with van der Waals surface area (Å²) in [4.78, 5) is 152. The second-order valence-corrected chi connectivity index (χ2v) is 39.3. The summed E-state index contributed by atoms with van der Waals surface area (Å²) in [5.74, 6) is -1.29. The zero-order valence-electron chi connectivity index (χ0n) is 84.1. The number of amides is 9. The van der Waals surface area contributed by atoms with Crippen molar-refractivity contribution in [3.05, 3.63) is 155 Å². The van der Waals surface area contributed by atoms with E-state index in [1.807, 2.05) is 62.5 Å². The van der Waals surface area contributed by atoms with E-state index in [0.717, 1.165) is 47.7 Å². The normalized spacial score (nSPS) is 27.0. The van der Waals surface area contributed by atoms with Crippen molar-refractivity contribution in [2.45, 2.75) is 255 Å². The number of carbonyl (C=O) groups excluding carboxylic acids is 11. The number of nitrogens with one attached hydrogen (secondary N) is 11. The van der Waals surface area contributed by atoms with Crippen LogP contribution in [0.1, 0.15) is 179 Å². The standard InChI is InChI=1S/C104H143F2N15O26/c1-7-18-88-146-83-54-71-72-53-74(105)73-52-67(123)37-39-101(73,4)103(72,106)81(125)55-102(71,5)104(83,147-88)82(126)59-142-68-33-31-66(32-34-68)114-100(137)144-58-62-27-29-65(30-28-62)113-96(134)63(20-17-41-112-99(107)136)51-78(124)89(61(2)3)116-97(135)75(23-15-16-40-110-86(129)60-143-79-26-10-8-9-25-77-92(79)118-119-121(77)98-95(133)94(132)93(131)80(57-122)145-98)115-85(128)38-43-138-45-47-140-49-50-141-48-46-139-44-42-111-84(127)35-36-87(130)120-56-64-19-11-12-21-69(64)90(109-6)91(117-108)70-22-13-14-24-76(70)120/h11-14,19,21-22,24,27-34,37,39,52,61,63,71-72,74-75,79-81,83,88-89,93-95,98,109,117-119,122,125,131-133H,7-10,15-18,20,23,25-26,35-36,38,40-51,53-60,108H2,1-6H3,(H,110,129)(H,111,127)(H,113,134)(H,114,137)(H,115,128)(H,116,135)(H3,107,112,136)/b91-90-/t63-,71+,72+,74+,75-,79?,80-,81+,83-,88?,89+,93+,94+,95-,98-,101+,102+,103+,104-/m1/s1. The zero-order valence-corrected chi connectivity index (χ0v) is 84.1. The molecule has 5 aliphatic carbocycles. The van der Waals surface area contributed by atoms with Crippen molar-refractivity contribution in [1.82, 2.24) is 53.3 Å². The molecule has 804 valence electrons. The summed E-state index contributed by atoms with van der Waals surface area (Å²) >= 11 is 0. The SMILES string of the molecule is CCCC1O[C@@H]2C[C@H]3[C@@H]4C[C@H](F)C5=CC(=O)C=C[C@]5(C)[C@@]4(F)[C@@H](O)C[C@]3(C)[C@]2(C(=O)COc2ccc(NC(=O)OCc3ccc(NC(=O)[C@H](CCCNC(N)=O)CC(=O)[C@@H](NC(=O)[C@@H](CCCCNC(=O)COC4CCCCCC5=C4NNN5[C@@H]4O[C@H](CO)[C@H](O)[C@H](O)[C@H]4O)NC(=O)CCOCCOCCOCCOCCNC(=O)CCC(=O)N4Cc5ccccc5/C(NC)=C(/NN)c5ccccc54)C(C)C)cc3)cc2)O1. The Kier molecular flexibility index (Phi) is 40.3. The molecule has 4 aromatic rings. The van der Waals surface area contributed by atoms with E-state index >= 15 is 8.78 Å². The summed E-state index contributed by atoms with van der Waals surface area (Å²) in [6.07, 6.45) is -5.47. The molecule has 0 spiro atoms. The predicted octanol–water partition coefficient (Wildman–Crippen LogP) is 5.56. The highest BCUT2D eigenvalue weighted by atomic mass is 19.1. The third-order valence-electron chi connectivity index (χ3n) is 29.4. The van der Waals surface area contributed by atoms with Crippen LogP contribution in [0.25, 0.3) is 11.4 Å². The van der Waals surface area contributed by atoms with Crippen LogP contribution in [-0.2, 0) is 98.9 Å². The van der Waals surface area contributed by atoms with Crippen LogP contribution in [0.5, 0.6) is 5.75 Å². The van der Waals surface area contributed by atoms with E-state index < -0.39 is 186 Å². The number of fused-ring (bicyclic) bond motifs is 9. The minimum Gasteiger partial charge on any atom is -0.486 e. The number of hydrogen-bond donors (Lipinski definition) is 18. The first-order valence-electron chi connectivity index (χ1n) is 50.9. The number of rotatable bonds is 52. The highest BCUT2D eigenvalue weighted by Crippen LogP contribution is 2.72. The van der Waals surface area contributed by atoms with Crippen molar-refractivity contribution in [2.75, 3.05) is 115 Å². The number of unbranched alkanes of at least 4 members (excludes halogenated alkanes) is 1. The van der Waals surface area contributed by atoms with Gasteiger partial charge in [0, 0.05) is 97.5 Å². The molecule has 4 aliphatic heterocycles. The van der Waals surface area contributed by atoms with Crippen LogP contribution < -0.4 is 80.1 Å². The fourth-order valence-electron chi connectivity index (χ4n) is 21.7. The summed E-state index contributed by atoms with van der Waals surface area (Å²) in [6.45, 7) is 8.97. The topological polar surface area (TPSA) is 572 Å². The predicted molar refractivity (Wildman–Crippen MR) is 532 cm³/mol. The third-order valence-corrected chi connectivity index (χ3v) is 29.4. The third kappa shape index (κ3) is 27.0. The number of primary amides is 1. The second-order valence-electron chi connectivity index (χ2n) is 39.3. The van der Waals surface area contributed by atoms with Gasteiger partial charge in [0.25, 0.3) is 0 Å². The summed E-state index contributed by atoms with van der Waals surface area (Å²) in [5, 5.41) is 78.1. The maximum Gasteiger partial charge on any atom is 0.411 e. The Morgan fingerprint density at radius 2 is 1.38 bits per heavy atom. The van der Waals surface area contributed by atoms with Crippen LogP contribution in [0.4, 0.5) is 35.4 Å². The number of hydrogen-bond acceptors (Lipinski definition) is 32. The summed E-state index contributed by atoms with van der Waals surface area (Å²) in [7, 11) is 1.81. The monoisotopic (exact) mass is 2060 g/mol. The Balaban J connectivity index is 0.557. The number of para-hydroxylation sites is 1. The Hall–Kier alpha value is -11.5. The molecule has 4 heterocycles. The van der Waals surface area contributed by atoms with E-state index in [9.17, 15) is 78.3 Å². The first-order chi connectivity index (χ1) is 70.7. The fourth-order valence-corrected chi connectivity index (χ4v) is 21.7. The number of aliphatic hydroxyl groups excluding tert-OH is 5. The molecule has 43 heteroatoms. The lowest BCUT2D eigenvalue weighted by Crippen LogP contribution is -2.71. The molecule has 4 aromatic carbocycles. The smallest absolute Gasteiger partial charge is 0.411 e. The van der Waals surface area contributed by atoms with Gasteiger partial charge in [0.2, 0.25) is 41.2 Å². The van der Waals surface area contributed by atoms with Gasteiger partial charge in [-0.15, -0.1) is 5.53 Å². The number of halogens is 2. The van der Waals surface area contributed by atoms with Crippen LogP contribution in [0.3, 0.4) is 0 Å². The van der Waals surface area contributed by atoms with E-state index in [-0.39, 0.29) is 186 Å². The van der Waals surface area contributed by atoms with Gasteiger partial charge in [0.1, 0.15) is 68.3 Å². The molecule has 9 amide bonds. The number of nitrogens with two attached hydrogens (primary N) is 2. The Morgan fingerprint density at radius 1 is 0.694 bits per heavy atom. The Morgan fingerprint density at radius 3 is 2.09 bits per heavy atom. The van der Waals surface area contributed by atoms with Gasteiger partial charge in [-0.2, -0.15) is 0 Å². The molecule has 147 heavy (non-hydrogen) atoms. The number of aliphatic hydroxyl groups is 5. The van der Waals surface area contributed by atoms with E-state index in [4.69, 9.17) is 58.9 Å². The van der Waals surface area contributed by atoms with E-state index in [1.165, 1.54) is 48.4 Å². The fraction of sp³-hybridized carbons (Fsp3) is 0.587. The van der Waals surface area contributed by atoms with Crippen LogP contribution in [0.2, 0.25) is 0 Å². The number of hydrazine groups is 3. The van der Waals surface area contributed by atoms with Crippen molar-refractivity contribution in [2.24, 2.45) is 46.1 Å². The number of anilines is 3. The van der Waals surface area contributed by atoms with E-state index in [2.05, 4.69) is 58.9 Å². The van der Waals surface area contributed by atoms with Crippen molar-refractivity contribution < 1.29 is 134 Å². The number of ether oxygens (including phenoxy) is 10. The van der Waals surface area contributed by atoms with Crippen LogP contribution in [0.15, 0.2) is 132 Å². The summed E-state index contributed by atoms with van der Waals surface area (Å²) in [6, 6.07) is 24.4. The molecule has 3 saturated carbocycles. The molecule has 20 N–H and O–H groups in total. The molecule has 13 rings (SSSR count). The van der Waals surface area contributed by atoms with Gasteiger partial charge >= 0.3 is 12.1 Å². The lowest BCUT2D eigenvalue weighted by atomic mass is 9.44. The second kappa shape index (κ2) is 52.6. The first kappa shape index (κ1) is 113. The van der Waals surface area contributed by atoms with Crippen LogP contribution >= 0.6 is 0 Å². The van der Waals surface area contributed by atoms with Crippen LogP contribution in [-0.4, -0.2) is 280 Å². The molecule has 0 aromatic heterocycles. The first-order valence-corrected chi connectivity index (χ1v) is 50.9. The molecule has 19 atom stereocenters. The van der Waals surface area contributed by atoms with Gasteiger partial charge in [-0.1, -0.05) is 108 Å². The lowest BCUT2D eigenvalue weighted by Gasteiger charge is -2.63. The van der Waals surface area contributed by atoms with Gasteiger partial charge in [0.05, 0.1) is 113 Å². The average molecular weight is 2060 g/mol. The molecule has 2 unspecified atom stereocenters. The van der Waals surface area contributed by atoms with Gasteiger partial charge < -0.3 is 132 Å². The van der Waals surface area contributed by atoms with Gasteiger partial charge in [-0.25, -0.2) is 18.4 Å².